The summed E-state index contributed by atoms with van der Waals surface area (Å²) in [6.07, 6.45) is 0. The van der Waals surface area contributed by atoms with Crippen molar-refractivity contribution in [2.45, 2.75) is 39.4 Å². The van der Waals surface area contributed by atoms with Gasteiger partial charge in [-0.25, -0.2) is 0 Å². The topological polar surface area (TPSA) is 61.4 Å². The summed E-state index contributed by atoms with van der Waals surface area (Å²) >= 11 is 2.14. The molecule has 1 rings (SSSR count). The Balaban J connectivity index is 3.19. The molecule has 0 aliphatic rings. The van der Waals surface area contributed by atoms with Crippen molar-refractivity contribution in [3.63, 3.8) is 0 Å². The van der Waals surface area contributed by atoms with Gasteiger partial charge in [-0.15, -0.1) is 0 Å². The molecule has 0 bridgehead atoms. The first-order valence-electron chi connectivity index (χ1n) is 5.66. The Kier molecular flexibility index (Phi) is 4.86. The smallest absolute Gasteiger partial charge is 0.144 e. The molecule has 100 valence electrons. The second-order valence-corrected chi connectivity index (χ2v) is 8.01. The van der Waals surface area contributed by atoms with E-state index in [1.165, 1.54) is 0 Å². The lowest BCUT2D eigenvalue weighted by Gasteiger charge is -2.19. The number of halogens is 1. The normalized spacial score (nSPS) is 14.7. The fraction of sp³-hybridized carbons (Fsp3) is 0.462. The van der Waals surface area contributed by atoms with Gasteiger partial charge in [0.15, 0.2) is 0 Å². The van der Waals surface area contributed by atoms with Crippen molar-refractivity contribution in [2.24, 2.45) is 4.40 Å². The minimum atomic E-state index is -1.27. The van der Waals surface area contributed by atoms with E-state index in [0.29, 0.717) is 11.4 Å². The molecule has 0 aliphatic carbocycles. The van der Waals surface area contributed by atoms with Crippen LogP contribution in [0.1, 0.15) is 38.8 Å². The number of hydrogen-bond donors (Lipinski definition) is 1. The molecule has 0 saturated heterocycles. The second kappa shape index (κ2) is 5.63. The lowest BCUT2D eigenvalue weighted by molar-refractivity contribution is 0.561. The first-order valence-corrected chi connectivity index (χ1v) is 7.56. The van der Waals surface area contributed by atoms with E-state index in [9.17, 15) is 4.55 Å². The van der Waals surface area contributed by atoms with Gasteiger partial charge in [0, 0.05) is 10.0 Å². The molecule has 1 unspecified atom stereocenters. The summed E-state index contributed by atoms with van der Waals surface area (Å²) in [7, 11) is 0. The second-order valence-electron chi connectivity index (χ2n) is 5.25. The third kappa shape index (κ3) is 3.73. The zero-order chi connectivity index (χ0) is 14.1. The number of nitrogens with zero attached hydrogens (tertiary/aromatic N) is 1. The van der Waals surface area contributed by atoms with Gasteiger partial charge >= 0.3 is 0 Å². The molecule has 0 saturated carbocycles. The highest BCUT2D eigenvalue weighted by molar-refractivity contribution is 9.10. The highest BCUT2D eigenvalue weighted by atomic mass is 79.9. The van der Waals surface area contributed by atoms with Crippen LogP contribution in [0.2, 0.25) is 0 Å². The predicted octanol–water partition coefficient (Wildman–Crippen LogP) is 3.61. The van der Waals surface area contributed by atoms with E-state index < -0.39 is 11.4 Å². The number of anilines is 1. The molecule has 18 heavy (non-hydrogen) atoms. The van der Waals surface area contributed by atoms with Gasteiger partial charge in [-0.2, -0.15) is 0 Å². The zero-order valence-electron chi connectivity index (χ0n) is 11.4. The molecule has 0 aromatic heterocycles. The maximum absolute atomic E-state index is 12.0. The van der Waals surface area contributed by atoms with Crippen LogP contribution < -0.4 is 5.73 Å². The highest BCUT2D eigenvalue weighted by Gasteiger charge is 2.27. The third-order valence-electron chi connectivity index (χ3n) is 2.41. The maximum Gasteiger partial charge on any atom is 0.144 e. The van der Waals surface area contributed by atoms with Crippen LogP contribution in [0.15, 0.2) is 21.0 Å². The number of nitrogen functional groups attached to an aromatic ring is 1. The number of rotatable bonds is 2. The van der Waals surface area contributed by atoms with Gasteiger partial charge in [-0.1, -0.05) is 4.40 Å². The van der Waals surface area contributed by atoms with Crippen LogP contribution in [0.5, 0.6) is 0 Å². The average molecular weight is 331 g/mol. The Morgan fingerprint density at radius 3 is 2.44 bits per heavy atom. The minimum Gasteiger partial charge on any atom is -0.591 e. The van der Waals surface area contributed by atoms with E-state index in [2.05, 4.69) is 20.3 Å². The Morgan fingerprint density at radius 2 is 1.94 bits per heavy atom. The third-order valence-corrected chi connectivity index (χ3v) is 4.55. The van der Waals surface area contributed by atoms with Crippen molar-refractivity contribution < 1.29 is 4.55 Å². The van der Waals surface area contributed by atoms with E-state index in [0.717, 1.165) is 15.6 Å². The van der Waals surface area contributed by atoms with Crippen molar-refractivity contribution in [1.29, 1.82) is 0 Å². The number of nitrogens with two attached hydrogens (primary N) is 1. The van der Waals surface area contributed by atoms with E-state index in [1.807, 2.05) is 46.8 Å². The minimum absolute atomic E-state index is 0.364. The van der Waals surface area contributed by atoms with Crippen molar-refractivity contribution in [2.75, 3.05) is 5.73 Å². The van der Waals surface area contributed by atoms with Gasteiger partial charge < -0.3 is 10.3 Å². The van der Waals surface area contributed by atoms with E-state index in [4.69, 9.17) is 5.73 Å². The summed E-state index contributed by atoms with van der Waals surface area (Å²) in [5.74, 6) is 0. The van der Waals surface area contributed by atoms with Crippen molar-refractivity contribution in [1.82, 2.24) is 0 Å². The van der Waals surface area contributed by atoms with Crippen molar-refractivity contribution in [3.05, 3.63) is 27.7 Å². The van der Waals surface area contributed by atoms with Crippen LogP contribution in [-0.4, -0.2) is 15.0 Å². The Labute approximate surface area is 120 Å². The summed E-state index contributed by atoms with van der Waals surface area (Å²) in [6.45, 7) is 9.52. The molecule has 0 fully saturated rings. The molecule has 3 nitrogen and oxygen atoms in total. The quantitative estimate of drug-likeness (QED) is 0.511. The molecule has 0 spiro atoms. The lowest BCUT2D eigenvalue weighted by atomic mass is 10.1. The fourth-order valence-electron chi connectivity index (χ4n) is 1.36. The van der Waals surface area contributed by atoms with Crippen LogP contribution in [0.3, 0.4) is 0 Å². The first-order chi connectivity index (χ1) is 8.12. The maximum atomic E-state index is 12.0. The Morgan fingerprint density at radius 1 is 1.39 bits per heavy atom. The first kappa shape index (κ1) is 15.5. The molecule has 1 atom stereocenters. The van der Waals surface area contributed by atoms with Crippen LogP contribution in [0, 0.1) is 6.92 Å². The molecule has 5 heteroatoms. The number of aryl methyl sites for hydroxylation is 1. The fourth-order valence-corrected chi connectivity index (χ4v) is 2.56. The SMILES string of the molecule is C/C(=N/[S+]([O-])C(C)(C)C)c1cc(C)cc(Br)c1N. The molecule has 1 aromatic rings. The number of hydrogen-bond acceptors (Lipinski definition) is 3. The molecule has 2 N–H and O–H groups in total. The molecular weight excluding hydrogens is 312 g/mol. The summed E-state index contributed by atoms with van der Waals surface area (Å²) in [5.41, 5.74) is 9.26. The number of benzene rings is 1. The molecule has 0 radical (unpaired) electrons. The van der Waals surface area contributed by atoms with Gasteiger partial charge in [0.1, 0.15) is 16.1 Å². The summed E-state index contributed by atoms with van der Waals surface area (Å²) in [6, 6.07) is 3.91. The van der Waals surface area contributed by atoms with E-state index >= 15 is 0 Å². The standard InChI is InChI=1S/C13H19BrN2OS/c1-8-6-10(12(15)11(14)7-8)9(2)16-18(17)13(3,4)5/h6-7H,15H2,1-5H3/b16-9-. The molecular formula is C13H19BrN2OS. The summed E-state index contributed by atoms with van der Waals surface area (Å²) < 4.78 is 16.7. The Hall–Kier alpha value is -0.520. The molecule has 0 amide bonds. The Bertz CT molecular complexity index is 481. The zero-order valence-corrected chi connectivity index (χ0v) is 13.8. The van der Waals surface area contributed by atoms with E-state index in [1.54, 1.807) is 0 Å². The molecule has 0 heterocycles. The van der Waals surface area contributed by atoms with Crippen LogP contribution >= 0.6 is 15.9 Å². The van der Waals surface area contributed by atoms with Gasteiger partial charge in [-0.3, -0.25) is 0 Å². The average Bonchev–Trinajstić information content (AvgIpc) is 2.21. The molecule has 1 aromatic carbocycles. The van der Waals surface area contributed by atoms with Crippen molar-refractivity contribution >= 4 is 38.7 Å². The van der Waals surface area contributed by atoms with Crippen molar-refractivity contribution in [3.8, 4) is 0 Å². The van der Waals surface area contributed by atoms with Gasteiger partial charge in [0.2, 0.25) is 0 Å². The van der Waals surface area contributed by atoms with Crippen LogP contribution in [-0.2, 0) is 11.4 Å². The van der Waals surface area contributed by atoms with Gasteiger partial charge in [0.25, 0.3) is 0 Å². The predicted molar refractivity (Wildman–Crippen MR) is 83.4 cm³/mol. The van der Waals surface area contributed by atoms with E-state index in [-0.39, 0.29) is 4.75 Å². The highest BCUT2D eigenvalue weighted by Crippen LogP contribution is 2.27. The van der Waals surface area contributed by atoms with Crippen LogP contribution in [0.4, 0.5) is 5.69 Å². The molecule has 0 aliphatic heterocycles. The van der Waals surface area contributed by atoms with Gasteiger partial charge in [0.05, 0.1) is 11.4 Å². The largest absolute Gasteiger partial charge is 0.591 e. The monoisotopic (exact) mass is 330 g/mol. The summed E-state index contributed by atoms with van der Waals surface area (Å²) in [5, 5.41) is 0. The summed E-state index contributed by atoms with van der Waals surface area (Å²) in [4.78, 5) is 0. The van der Waals surface area contributed by atoms with Gasteiger partial charge in [-0.05, 0) is 68.2 Å². The van der Waals surface area contributed by atoms with Crippen LogP contribution in [0.25, 0.3) is 0 Å². The lowest BCUT2D eigenvalue weighted by Crippen LogP contribution is -2.26.